The normalized spacial score (nSPS) is 12.2. The van der Waals surface area contributed by atoms with Crippen LogP contribution in [0.4, 0.5) is 0 Å². The van der Waals surface area contributed by atoms with Crippen molar-refractivity contribution in [1.29, 1.82) is 0 Å². The number of unbranched alkanes of at least 4 members (excludes halogenated alkanes) is 2. The van der Waals surface area contributed by atoms with Crippen LogP contribution in [0.25, 0.3) is 11.1 Å². The van der Waals surface area contributed by atoms with E-state index in [4.69, 9.17) is 0 Å². The fourth-order valence-corrected chi connectivity index (χ4v) is 6.00. The van der Waals surface area contributed by atoms with E-state index in [1.807, 2.05) is 57.4 Å². The van der Waals surface area contributed by atoms with E-state index < -0.39 is 30.8 Å². The zero-order valence-electron chi connectivity index (χ0n) is 21.7. The van der Waals surface area contributed by atoms with Crippen molar-refractivity contribution in [3.05, 3.63) is 59.2 Å². The largest absolute Gasteiger partial charge is 0.480 e. The van der Waals surface area contributed by atoms with Crippen LogP contribution in [0.15, 0.2) is 42.5 Å². The maximum atomic E-state index is 13.4. The van der Waals surface area contributed by atoms with Gasteiger partial charge in [-0.3, -0.25) is 4.79 Å². The lowest BCUT2D eigenvalue weighted by atomic mass is 9.84. The fourth-order valence-electron chi connectivity index (χ4n) is 4.50. The highest BCUT2D eigenvalue weighted by atomic mass is 32.2. The molecule has 36 heavy (non-hydrogen) atoms. The lowest BCUT2D eigenvalue weighted by Gasteiger charge is -2.28. The molecule has 0 bridgehead atoms. The minimum Gasteiger partial charge on any atom is -0.480 e. The predicted octanol–water partition coefficient (Wildman–Crippen LogP) is 7.35. The molecule has 2 aromatic rings. The molecular weight excluding hydrogens is 493 g/mol. The predicted molar refractivity (Wildman–Crippen MR) is 148 cm³/mol. The molecule has 0 spiro atoms. The molecule has 0 radical (unpaired) electrons. The van der Waals surface area contributed by atoms with E-state index in [0.717, 1.165) is 36.8 Å². The molecule has 0 aliphatic carbocycles. The van der Waals surface area contributed by atoms with E-state index in [9.17, 15) is 23.8 Å². The van der Waals surface area contributed by atoms with Crippen molar-refractivity contribution in [3.63, 3.8) is 0 Å². The highest BCUT2D eigenvalue weighted by Gasteiger charge is 2.38. The van der Waals surface area contributed by atoms with Gasteiger partial charge in [-0.1, -0.05) is 69.9 Å². The zero-order chi connectivity index (χ0) is 26.7. The van der Waals surface area contributed by atoms with E-state index in [-0.39, 0.29) is 0 Å². The summed E-state index contributed by atoms with van der Waals surface area (Å²) >= 11 is 1.52. The summed E-state index contributed by atoms with van der Waals surface area (Å²) in [5.41, 5.74) is 3.41. The average molecular weight is 532 g/mol. The highest BCUT2D eigenvalue weighted by Crippen LogP contribution is 2.49. The van der Waals surface area contributed by atoms with Crippen LogP contribution in [0.5, 0.6) is 0 Å². The van der Waals surface area contributed by atoms with Gasteiger partial charge >= 0.3 is 13.6 Å². The Morgan fingerprint density at radius 3 is 2.19 bits per heavy atom. The van der Waals surface area contributed by atoms with Gasteiger partial charge in [0.1, 0.15) is 11.2 Å². The van der Waals surface area contributed by atoms with Crippen LogP contribution in [0.2, 0.25) is 0 Å². The van der Waals surface area contributed by atoms with Crippen molar-refractivity contribution in [2.45, 2.75) is 76.9 Å². The van der Waals surface area contributed by atoms with Gasteiger partial charge in [0, 0.05) is 5.56 Å². The van der Waals surface area contributed by atoms with Gasteiger partial charge in [-0.2, -0.15) is 11.8 Å². The molecule has 2 aromatic carbocycles. The molecule has 8 heteroatoms. The Balaban J connectivity index is 2.68. The standard InChI is InChI=1S/C28H38NO5PS/c1-5-7-16-28(35(33)34,17-8-6-2)21-13-14-23(24(19-21)22-12-10-9-11-20(22)3)26(30)29-25(27(31)32)15-18-36-4/h9-14,19,25H,5-8,15-18H2,1-4H3,(H,29,30)(H,31,32). The van der Waals surface area contributed by atoms with Gasteiger partial charge in [0.2, 0.25) is 0 Å². The van der Waals surface area contributed by atoms with Crippen LogP contribution in [-0.2, 0) is 19.1 Å². The van der Waals surface area contributed by atoms with E-state index in [0.29, 0.717) is 41.7 Å². The van der Waals surface area contributed by atoms with Crippen LogP contribution < -0.4 is 5.32 Å². The summed E-state index contributed by atoms with van der Waals surface area (Å²) in [5, 5.41) is 11.3. The van der Waals surface area contributed by atoms with Gasteiger partial charge in [-0.15, -0.1) is 0 Å². The first kappa shape index (κ1) is 29.9. The molecule has 0 fully saturated rings. The summed E-state index contributed by atoms with van der Waals surface area (Å²) in [6, 6.07) is 11.9. The van der Waals surface area contributed by atoms with Crippen molar-refractivity contribution < 1.29 is 23.8 Å². The number of thioether (sulfide) groups is 1. The van der Waals surface area contributed by atoms with Crippen LogP contribution in [0, 0.1) is 6.92 Å². The number of carboxylic acids is 1. The summed E-state index contributed by atoms with van der Waals surface area (Å²) in [5.74, 6) is -0.949. The summed E-state index contributed by atoms with van der Waals surface area (Å²) in [7, 11) is -2.77. The van der Waals surface area contributed by atoms with E-state index in [1.54, 1.807) is 12.1 Å². The Hall–Kier alpha value is -2.37. The van der Waals surface area contributed by atoms with Gasteiger partial charge in [0.25, 0.3) is 5.91 Å². The minimum atomic E-state index is -2.77. The molecule has 2 N–H and O–H groups in total. The monoisotopic (exact) mass is 531 g/mol. The highest BCUT2D eigenvalue weighted by molar-refractivity contribution is 7.98. The summed E-state index contributed by atoms with van der Waals surface area (Å²) in [6.07, 6.45) is 6.58. The average Bonchev–Trinajstić information content (AvgIpc) is 2.86. The van der Waals surface area contributed by atoms with E-state index in [1.165, 1.54) is 11.8 Å². The molecule has 6 nitrogen and oxygen atoms in total. The molecule has 1 amide bonds. The first-order valence-corrected chi connectivity index (χ1v) is 15.2. The molecule has 0 saturated carbocycles. The van der Waals surface area contributed by atoms with Gasteiger partial charge in [-0.25, -0.2) is 13.9 Å². The summed E-state index contributed by atoms with van der Waals surface area (Å²) < 4.78 is 25.6. The second kappa shape index (κ2) is 14.4. The van der Waals surface area contributed by atoms with Crippen LogP contribution in [-0.4, -0.2) is 35.0 Å². The molecule has 0 aliphatic heterocycles. The van der Waals surface area contributed by atoms with Gasteiger partial charge in [-0.05, 0) is 72.6 Å². The number of carbonyl (C=O) groups is 2. The Kier molecular flexibility index (Phi) is 11.9. The van der Waals surface area contributed by atoms with Crippen LogP contribution in [0.3, 0.4) is 0 Å². The first-order chi connectivity index (χ1) is 17.2. The number of aliphatic carboxylic acids is 1. The number of hydrogen-bond acceptors (Lipinski definition) is 5. The second-order valence-electron chi connectivity index (χ2n) is 9.22. The van der Waals surface area contributed by atoms with Crippen molar-refractivity contribution in [2.75, 3.05) is 12.0 Å². The summed E-state index contributed by atoms with van der Waals surface area (Å²) in [4.78, 5) is 25.1. The van der Waals surface area contributed by atoms with Gasteiger partial charge < -0.3 is 10.4 Å². The van der Waals surface area contributed by atoms with Gasteiger partial charge in [0.05, 0.1) is 0 Å². The number of carboxylic acid groups (broad SMARTS) is 1. The Labute approximate surface area is 219 Å². The number of amides is 1. The molecule has 0 aliphatic rings. The molecular formula is C28H38NO5PS. The zero-order valence-corrected chi connectivity index (χ0v) is 23.4. The third-order valence-electron chi connectivity index (χ3n) is 6.69. The van der Waals surface area contributed by atoms with Crippen LogP contribution >= 0.6 is 19.4 Å². The molecule has 0 saturated heterocycles. The van der Waals surface area contributed by atoms with Crippen LogP contribution in [0.1, 0.15) is 80.3 Å². The number of carbonyl (C=O) groups excluding carboxylic acids is 1. The van der Waals surface area contributed by atoms with E-state index in [2.05, 4.69) is 5.32 Å². The fraction of sp³-hybridized carbons (Fsp3) is 0.500. The topological polar surface area (TPSA) is 101 Å². The lowest BCUT2D eigenvalue weighted by Crippen LogP contribution is -2.41. The number of benzene rings is 2. The molecule has 0 heterocycles. The minimum absolute atomic E-state index is 0.313. The van der Waals surface area contributed by atoms with Crippen molar-refractivity contribution in [2.24, 2.45) is 0 Å². The van der Waals surface area contributed by atoms with E-state index >= 15 is 0 Å². The quantitative estimate of drug-likeness (QED) is 0.233. The molecule has 196 valence electrons. The third kappa shape index (κ3) is 7.33. The summed E-state index contributed by atoms with van der Waals surface area (Å²) in [6.45, 7) is 6.03. The van der Waals surface area contributed by atoms with Crippen molar-refractivity contribution >= 4 is 31.3 Å². The lowest BCUT2D eigenvalue weighted by molar-refractivity contribution is -0.139. The number of aryl methyl sites for hydroxylation is 1. The molecule has 2 rings (SSSR count). The Bertz CT molecular complexity index is 1100. The number of rotatable bonds is 15. The SMILES string of the molecule is CCCCC(CCCC)(c1ccc(C(=O)NC(CCSC)C(=O)O)c(-c2ccccc2C)c1)P(=O)=O. The second-order valence-corrected chi connectivity index (χ2v) is 11.6. The van der Waals surface area contributed by atoms with Crippen molar-refractivity contribution in [3.8, 4) is 11.1 Å². The molecule has 0 aromatic heterocycles. The smallest absolute Gasteiger partial charge is 0.326 e. The Morgan fingerprint density at radius 1 is 1.03 bits per heavy atom. The number of hydrogen-bond donors (Lipinski definition) is 2. The third-order valence-corrected chi connectivity index (χ3v) is 8.74. The maximum Gasteiger partial charge on any atom is 0.326 e. The van der Waals surface area contributed by atoms with Gasteiger partial charge in [0.15, 0.2) is 0 Å². The van der Waals surface area contributed by atoms with Crippen molar-refractivity contribution in [1.82, 2.24) is 5.32 Å². The Morgan fingerprint density at radius 2 is 1.67 bits per heavy atom. The maximum absolute atomic E-state index is 13.4. The number of nitrogens with one attached hydrogen (secondary N) is 1. The molecule has 1 atom stereocenters. The first-order valence-electron chi connectivity index (χ1n) is 12.6. The molecule has 1 unspecified atom stereocenters.